The third-order valence-corrected chi connectivity index (χ3v) is 3.54. The zero-order chi connectivity index (χ0) is 12.8. The summed E-state index contributed by atoms with van der Waals surface area (Å²) in [6.45, 7) is 8.45. The fourth-order valence-electron chi connectivity index (χ4n) is 2.05. The van der Waals surface area contributed by atoms with Gasteiger partial charge in [0, 0.05) is 38.8 Å². The second-order valence-corrected chi connectivity index (χ2v) is 4.68. The lowest BCUT2D eigenvalue weighted by atomic mass is 10.1. The molecule has 1 aliphatic heterocycles. The number of nitrogens with zero attached hydrogens (tertiary/aromatic N) is 2. The molecule has 1 N–H and O–H groups in total. The second-order valence-electron chi connectivity index (χ2n) is 4.68. The van der Waals surface area contributed by atoms with E-state index in [4.69, 9.17) is 0 Å². The van der Waals surface area contributed by atoms with E-state index in [2.05, 4.69) is 21.5 Å². The van der Waals surface area contributed by atoms with Crippen molar-refractivity contribution < 1.29 is 14.6 Å². The smallest absolute Gasteiger partial charge is 0.306 e. The Morgan fingerprint density at radius 3 is 2.35 bits per heavy atom. The number of piperazine rings is 1. The van der Waals surface area contributed by atoms with Crippen LogP contribution in [0.4, 0.5) is 0 Å². The maximum atomic E-state index is 11.0. The fourth-order valence-corrected chi connectivity index (χ4v) is 2.05. The van der Waals surface area contributed by atoms with Gasteiger partial charge in [-0.15, -0.1) is 0 Å². The highest BCUT2D eigenvalue weighted by Crippen LogP contribution is 2.09. The average Bonchev–Trinajstić information content (AvgIpc) is 2.35. The number of aliphatic hydroxyl groups excluding tert-OH is 1. The summed E-state index contributed by atoms with van der Waals surface area (Å²) in [5.74, 6) is -0.148. The van der Waals surface area contributed by atoms with Crippen LogP contribution in [0.25, 0.3) is 0 Å². The van der Waals surface area contributed by atoms with Crippen molar-refractivity contribution in [1.82, 2.24) is 9.80 Å². The van der Waals surface area contributed by atoms with Crippen molar-refractivity contribution in [3.8, 4) is 0 Å². The van der Waals surface area contributed by atoms with E-state index >= 15 is 0 Å². The standard InChI is InChI=1S/C12H24N2O3/c1-10(11(2)15)14-8-6-13(7-9-14)5-4-12(16)17-3/h10-11,15H,4-9H2,1-3H3. The van der Waals surface area contributed by atoms with Gasteiger partial charge >= 0.3 is 5.97 Å². The summed E-state index contributed by atoms with van der Waals surface area (Å²) in [5, 5.41) is 9.53. The van der Waals surface area contributed by atoms with Gasteiger partial charge in [-0.2, -0.15) is 0 Å². The van der Waals surface area contributed by atoms with Crippen molar-refractivity contribution in [3.05, 3.63) is 0 Å². The highest BCUT2D eigenvalue weighted by molar-refractivity contribution is 5.69. The molecule has 5 nitrogen and oxygen atoms in total. The maximum Gasteiger partial charge on any atom is 0.306 e. The summed E-state index contributed by atoms with van der Waals surface area (Å²) < 4.78 is 4.62. The lowest BCUT2D eigenvalue weighted by molar-refractivity contribution is -0.141. The molecule has 1 aliphatic rings. The van der Waals surface area contributed by atoms with Crippen LogP contribution in [0.1, 0.15) is 20.3 Å². The molecule has 100 valence electrons. The van der Waals surface area contributed by atoms with E-state index in [0.29, 0.717) is 6.42 Å². The van der Waals surface area contributed by atoms with Crippen LogP contribution in [0.2, 0.25) is 0 Å². The molecule has 2 atom stereocenters. The SMILES string of the molecule is COC(=O)CCN1CCN(C(C)C(C)O)CC1. The normalized spacial score (nSPS) is 22.1. The molecule has 1 rings (SSSR count). The number of methoxy groups -OCH3 is 1. The van der Waals surface area contributed by atoms with Crippen molar-refractivity contribution in [3.63, 3.8) is 0 Å². The van der Waals surface area contributed by atoms with Gasteiger partial charge in [-0.3, -0.25) is 9.69 Å². The van der Waals surface area contributed by atoms with Crippen LogP contribution >= 0.6 is 0 Å². The Bertz CT molecular complexity index is 238. The predicted octanol–water partition coefficient (Wildman–Crippen LogP) is -0.0636. The summed E-state index contributed by atoms with van der Waals surface area (Å²) in [5.41, 5.74) is 0. The molecule has 0 bridgehead atoms. The average molecular weight is 244 g/mol. The van der Waals surface area contributed by atoms with Crippen LogP contribution in [0.3, 0.4) is 0 Å². The number of ether oxygens (including phenoxy) is 1. The van der Waals surface area contributed by atoms with Gasteiger partial charge in [-0.25, -0.2) is 0 Å². The highest BCUT2D eigenvalue weighted by atomic mass is 16.5. The molecule has 17 heavy (non-hydrogen) atoms. The predicted molar refractivity (Wildman–Crippen MR) is 65.8 cm³/mol. The summed E-state index contributed by atoms with van der Waals surface area (Å²) >= 11 is 0. The molecule has 0 aromatic carbocycles. The van der Waals surface area contributed by atoms with E-state index < -0.39 is 0 Å². The zero-order valence-electron chi connectivity index (χ0n) is 11.1. The first-order valence-corrected chi connectivity index (χ1v) is 6.26. The van der Waals surface area contributed by atoms with Gasteiger partial charge in [-0.1, -0.05) is 0 Å². The lowest BCUT2D eigenvalue weighted by Crippen LogP contribution is -2.52. The Hall–Kier alpha value is -0.650. The van der Waals surface area contributed by atoms with E-state index in [1.807, 2.05) is 6.92 Å². The van der Waals surface area contributed by atoms with Crippen LogP contribution in [0, 0.1) is 0 Å². The molecule has 1 heterocycles. The minimum atomic E-state index is -0.295. The number of carbonyl (C=O) groups excluding carboxylic acids is 1. The van der Waals surface area contributed by atoms with Crippen LogP contribution in [-0.4, -0.2) is 72.9 Å². The quantitative estimate of drug-likeness (QED) is 0.687. The summed E-state index contributed by atoms with van der Waals surface area (Å²) in [4.78, 5) is 15.6. The highest BCUT2D eigenvalue weighted by Gasteiger charge is 2.23. The molecular formula is C12H24N2O3. The molecule has 1 fully saturated rings. The molecule has 5 heteroatoms. The molecule has 0 radical (unpaired) electrons. The first-order chi connectivity index (χ1) is 8.04. The van der Waals surface area contributed by atoms with Crippen molar-refractivity contribution in [2.45, 2.75) is 32.4 Å². The van der Waals surface area contributed by atoms with E-state index in [1.54, 1.807) is 0 Å². The Balaban J connectivity index is 2.24. The van der Waals surface area contributed by atoms with Gasteiger partial charge in [0.05, 0.1) is 19.6 Å². The topological polar surface area (TPSA) is 53.0 Å². The third kappa shape index (κ3) is 4.61. The van der Waals surface area contributed by atoms with Crippen LogP contribution in [0.15, 0.2) is 0 Å². The van der Waals surface area contributed by atoms with Gasteiger partial charge in [0.25, 0.3) is 0 Å². The largest absolute Gasteiger partial charge is 0.469 e. The van der Waals surface area contributed by atoms with Crippen LogP contribution in [0.5, 0.6) is 0 Å². The van der Waals surface area contributed by atoms with Gasteiger partial charge in [0.1, 0.15) is 0 Å². The molecule has 0 spiro atoms. The molecule has 0 saturated carbocycles. The van der Waals surface area contributed by atoms with Gasteiger partial charge in [0.15, 0.2) is 0 Å². The van der Waals surface area contributed by atoms with Crippen LogP contribution in [-0.2, 0) is 9.53 Å². The van der Waals surface area contributed by atoms with Crippen molar-refractivity contribution in [2.75, 3.05) is 39.8 Å². The molecule has 0 aromatic rings. The third-order valence-electron chi connectivity index (χ3n) is 3.54. The molecule has 0 aliphatic carbocycles. The molecule has 0 aromatic heterocycles. The van der Waals surface area contributed by atoms with Crippen LogP contribution < -0.4 is 0 Å². The number of hydrogen-bond donors (Lipinski definition) is 1. The fraction of sp³-hybridized carbons (Fsp3) is 0.917. The number of esters is 1. The zero-order valence-corrected chi connectivity index (χ0v) is 11.1. The Kier molecular flexibility index (Phi) is 5.88. The molecular weight excluding hydrogens is 220 g/mol. The van der Waals surface area contributed by atoms with Gasteiger partial charge < -0.3 is 14.7 Å². The molecule has 1 saturated heterocycles. The van der Waals surface area contributed by atoms with Crippen molar-refractivity contribution >= 4 is 5.97 Å². The summed E-state index contributed by atoms with van der Waals surface area (Å²) in [7, 11) is 1.42. The van der Waals surface area contributed by atoms with Gasteiger partial charge in [-0.05, 0) is 13.8 Å². The maximum absolute atomic E-state index is 11.0. The second kappa shape index (κ2) is 6.93. The number of rotatable bonds is 5. The van der Waals surface area contributed by atoms with E-state index in [-0.39, 0.29) is 18.1 Å². The number of carbonyl (C=O) groups is 1. The van der Waals surface area contributed by atoms with Crippen molar-refractivity contribution in [1.29, 1.82) is 0 Å². The lowest BCUT2D eigenvalue weighted by Gasteiger charge is -2.38. The minimum absolute atomic E-state index is 0.148. The monoisotopic (exact) mass is 244 g/mol. The Labute approximate surface area is 103 Å². The van der Waals surface area contributed by atoms with E-state index in [9.17, 15) is 9.90 Å². The summed E-state index contributed by atoms with van der Waals surface area (Å²) in [6.07, 6.45) is 0.166. The van der Waals surface area contributed by atoms with E-state index in [0.717, 1.165) is 32.7 Å². The summed E-state index contributed by atoms with van der Waals surface area (Å²) in [6, 6.07) is 0.206. The van der Waals surface area contributed by atoms with Gasteiger partial charge in [0.2, 0.25) is 0 Å². The molecule has 2 unspecified atom stereocenters. The Morgan fingerprint density at radius 1 is 1.29 bits per heavy atom. The number of hydrogen-bond acceptors (Lipinski definition) is 5. The van der Waals surface area contributed by atoms with Crippen molar-refractivity contribution in [2.24, 2.45) is 0 Å². The molecule has 0 amide bonds. The first kappa shape index (κ1) is 14.4. The van der Waals surface area contributed by atoms with E-state index in [1.165, 1.54) is 7.11 Å². The Morgan fingerprint density at radius 2 is 1.88 bits per heavy atom. The number of aliphatic hydroxyl groups is 1. The first-order valence-electron chi connectivity index (χ1n) is 6.26. The minimum Gasteiger partial charge on any atom is -0.469 e.